The van der Waals surface area contributed by atoms with E-state index in [0.717, 1.165) is 0 Å². The molecule has 1 atom stereocenters. The fourth-order valence-electron chi connectivity index (χ4n) is 1.41. The molecule has 0 bridgehead atoms. The third kappa shape index (κ3) is 4.05. The van der Waals surface area contributed by atoms with E-state index in [1.165, 1.54) is 0 Å². The van der Waals surface area contributed by atoms with Gasteiger partial charge in [0, 0.05) is 20.1 Å². The molecule has 1 N–H and O–H groups in total. The van der Waals surface area contributed by atoms with Crippen molar-refractivity contribution in [3.05, 3.63) is 0 Å². The topological polar surface area (TPSA) is 41.6 Å². The summed E-state index contributed by atoms with van der Waals surface area (Å²) >= 11 is 0. The highest BCUT2D eigenvalue weighted by molar-refractivity contribution is 5.83. The highest BCUT2D eigenvalue weighted by Crippen LogP contribution is 2.15. The maximum Gasteiger partial charge on any atom is 0.522 e. The van der Waals surface area contributed by atoms with E-state index in [2.05, 4.69) is 10.1 Å². The molecule has 0 spiro atoms. The number of likely N-dealkylation sites (tertiary alicyclic amines) is 1. The second-order valence-corrected chi connectivity index (χ2v) is 3.35. The lowest BCUT2D eigenvalue weighted by molar-refractivity contribution is -0.323. The minimum Gasteiger partial charge on any atom is -0.344 e. The van der Waals surface area contributed by atoms with Gasteiger partial charge in [-0.1, -0.05) is 0 Å². The number of carbonyl (C=O) groups excluding carboxylic acids is 1. The number of alkyl halides is 3. The van der Waals surface area contributed by atoms with Crippen LogP contribution >= 0.6 is 0 Å². The van der Waals surface area contributed by atoms with Gasteiger partial charge >= 0.3 is 6.36 Å². The van der Waals surface area contributed by atoms with Gasteiger partial charge in [0.25, 0.3) is 0 Å². The molecule has 1 heterocycles. The molecule has 1 rings (SSSR count). The summed E-state index contributed by atoms with van der Waals surface area (Å²) in [5.74, 6) is -0.0815. The molecule has 4 nitrogen and oxygen atoms in total. The van der Waals surface area contributed by atoms with Crippen molar-refractivity contribution in [3.8, 4) is 0 Å². The number of carbonyl (C=O) groups is 1. The lowest BCUT2D eigenvalue weighted by Crippen LogP contribution is -2.39. The summed E-state index contributed by atoms with van der Waals surface area (Å²) in [7, 11) is 1.66. The third-order valence-electron chi connectivity index (χ3n) is 2.19. The van der Waals surface area contributed by atoms with Crippen molar-refractivity contribution in [3.63, 3.8) is 0 Å². The van der Waals surface area contributed by atoms with Gasteiger partial charge in [-0.25, -0.2) is 0 Å². The normalized spacial score (nSPS) is 22.5. The number of ether oxygens (including phenoxy) is 1. The first kappa shape index (κ1) is 12.3. The minimum absolute atomic E-state index is 0.0176. The molecular weight excluding hydrogens is 213 g/mol. The Labute approximate surface area is 85.4 Å². The first-order valence-corrected chi connectivity index (χ1v) is 4.59. The van der Waals surface area contributed by atoms with Crippen LogP contribution in [0.15, 0.2) is 0 Å². The van der Waals surface area contributed by atoms with Crippen LogP contribution in [0.4, 0.5) is 13.2 Å². The van der Waals surface area contributed by atoms with Crippen molar-refractivity contribution in [2.24, 2.45) is 0 Å². The first-order chi connectivity index (χ1) is 6.90. The SMILES string of the molecule is CN1CCC(NCCOC(F)(F)F)C1=O. The predicted octanol–water partition coefficient (Wildman–Crippen LogP) is 0.343. The summed E-state index contributed by atoms with van der Waals surface area (Å²) in [6.45, 7) is 0.178. The summed E-state index contributed by atoms with van der Waals surface area (Å²) in [4.78, 5) is 12.8. The van der Waals surface area contributed by atoms with Crippen LogP contribution in [0.3, 0.4) is 0 Å². The number of likely N-dealkylation sites (N-methyl/N-ethyl adjacent to an activating group) is 1. The number of nitrogens with zero attached hydrogens (tertiary/aromatic N) is 1. The number of nitrogens with one attached hydrogen (secondary N) is 1. The number of hydrogen-bond acceptors (Lipinski definition) is 3. The molecule has 15 heavy (non-hydrogen) atoms. The maximum atomic E-state index is 11.6. The van der Waals surface area contributed by atoms with Crippen molar-refractivity contribution in [2.45, 2.75) is 18.8 Å². The number of hydrogen-bond donors (Lipinski definition) is 1. The first-order valence-electron chi connectivity index (χ1n) is 4.59. The molecule has 1 aliphatic rings. The quantitative estimate of drug-likeness (QED) is 0.703. The van der Waals surface area contributed by atoms with Crippen LogP contribution in [-0.2, 0) is 9.53 Å². The fourth-order valence-corrected chi connectivity index (χ4v) is 1.41. The highest BCUT2D eigenvalue weighted by Gasteiger charge is 2.30. The third-order valence-corrected chi connectivity index (χ3v) is 2.19. The lowest BCUT2D eigenvalue weighted by atomic mass is 10.2. The molecule has 1 fully saturated rings. The molecule has 1 unspecified atom stereocenters. The van der Waals surface area contributed by atoms with Crippen LogP contribution in [0.5, 0.6) is 0 Å². The van der Waals surface area contributed by atoms with Gasteiger partial charge < -0.3 is 10.2 Å². The van der Waals surface area contributed by atoms with Crippen molar-refractivity contribution < 1.29 is 22.7 Å². The van der Waals surface area contributed by atoms with Gasteiger partial charge in [-0.2, -0.15) is 0 Å². The van der Waals surface area contributed by atoms with Gasteiger partial charge in [-0.15, -0.1) is 13.2 Å². The van der Waals surface area contributed by atoms with Gasteiger partial charge in [0.05, 0.1) is 12.6 Å². The molecule has 0 aromatic heterocycles. The van der Waals surface area contributed by atoms with E-state index >= 15 is 0 Å². The van der Waals surface area contributed by atoms with Gasteiger partial charge in [0.1, 0.15) is 0 Å². The molecule has 0 aliphatic carbocycles. The van der Waals surface area contributed by atoms with Crippen molar-refractivity contribution in [2.75, 3.05) is 26.7 Å². The number of halogens is 3. The summed E-state index contributed by atoms with van der Waals surface area (Å²) < 4.78 is 38.3. The summed E-state index contributed by atoms with van der Waals surface area (Å²) in [5.41, 5.74) is 0. The zero-order valence-corrected chi connectivity index (χ0v) is 8.30. The average Bonchev–Trinajstić information content (AvgIpc) is 2.42. The van der Waals surface area contributed by atoms with Crippen LogP contribution in [0.25, 0.3) is 0 Å². The molecule has 0 aromatic carbocycles. The molecule has 1 saturated heterocycles. The highest BCUT2D eigenvalue weighted by atomic mass is 19.4. The summed E-state index contributed by atoms with van der Waals surface area (Å²) in [5, 5.41) is 2.72. The maximum absolute atomic E-state index is 11.6. The van der Waals surface area contributed by atoms with E-state index in [1.807, 2.05) is 0 Å². The van der Waals surface area contributed by atoms with Gasteiger partial charge in [-0.05, 0) is 6.42 Å². The second-order valence-electron chi connectivity index (χ2n) is 3.35. The Morgan fingerprint density at radius 2 is 2.27 bits per heavy atom. The fraction of sp³-hybridized carbons (Fsp3) is 0.875. The molecule has 0 aromatic rings. The molecular formula is C8H13F3N2O2. The van der Waals surface area contributed by atoms with Crippen LogP contribution < -0.4 is 5.32 Å². The monoisotopic (exact) mass is 226 g/mol. The zero-order chi connectivity index (χ0) is 11.5. The molecule has 1 aliphatic heterocycles. The van der Waals surface area contributed by atoms with Crippen molar-refractivity contribution >= 4 is 5.91 Å². The van der Waals surface area contributed by atoms with E-state index in [0.29, 0.717) is 13.0 Å². The van der Waals surface area contributed by atoms with Gasteiger partial charge in [-0.3, -0.25) is 9.53 Å². The van der Waals surface area contributed by atoms with Gasteiger partial charge in [0.15, 0.2) is 0 Å². The van der Waals surface area contributed by atoms with Crippen molar-refractivity contribution in [1.29, 1.82) is 0 Å². The van der Waals surface area contributed by atoms with Crippen LogP contribution in [-0.4, -0.2) is 50.0 Å². The Bertz CT molecular complexity index is 232. The Balaban J connectivity index is 2.14. The Morgan fingerprint density at radius 3 is 2.73 bits per heavy atom. The van der Waals surface area contributed by atoms with E-state index in [9.17, 15) is 18.0 Å². The van der Waals surface area contributed by atoms with E-state index < -0.39 is 13.0 Å². The van der Waals surface area contributed by atoms with Crippen molar-refractivity contribution in [1.82, 2.24) is 10.2 Å². The Kier molecular flexibility index (Phi) is 3.92. The minimum atomic E-state index is -4.60. The lowest BCUT2D eigenvalue weighted by Gasteiger charge is -2.12. The average molecular weight is 226 g/mol. The van der Waals surface area contributed by atoms with Crippen LogP contribution in [0.2, 0.25) is 0 Å². The van der Waals surface area contributed by atoms with E-state index in [-0.39, 0.29) is 18.5 Å². The van der Waals surface area contributed by atoms with Crippen LogP contribution in [0.1, 0.15) is 6.42 Å². The Morgan fingerprint density at radius 1 is 1.60 bits per heavy atom. The number of rotatable bonds is 4. The molecule has 88 valence electrons. The number of amides is 1. The molecule has 1 amide bonds. The smallest absolute Gasteiger partial charge is 0.344 e. The summed E-state index contributed by atoms with van der Waals surface area (Å²) in [6.07, 6.45) is -3.97. The Hall–Kier alpha value is -0.820. The summed E-state index contributed by atoms with van der Waals surface area (Å²) in [6, 6.07) is -0.369. The van der Waals surface area contributed by atoms with E-state index in [1.54, 1.807) is 11.9 Å². The van der Waals surface area contributed by atoms with Crippen LogP contribution in [0, 0.1) is 0 Å². The zero-order valence-electron chi connectivity index (χ0n) is 8.30. The van der Waals surface area contributed by atoms with Gasteiger partial charge in [0.2, 0.25) is 5.91 Å². The van der Waals surface area contributed by atoms with E-state index in [4.69, 9.17) is 0 Å². The second kappa shape index (κ2) is 4.80. The molecule has 7 heteroatoms. The standard InChI is InChI=1S/C8H13F3N2O2/c1-13-4-2-6(7(13)14)12-3-5-15-8(9,10)11/h6,12H,2-5H2,1H3. The predicted molar refractivity (Wildman–Crippen MR) is 46.1 cm³/mol. The molecule has 0 radical (unpaired) electrons. The largest absolute Gasteiger partial charge is 0.522 e. The molecule has 0 saturated carbocycles.